The van der Waals surface area contributed by atoms with E-state index < -0.39 is 0 Å². The van der Waals surface area contributed by atoms with Crippen LogP contribution in [0.3, 0.4) is 0 Å². The first-order chi connectivity index (χ1) is 14.1. The number of carbonyl (C=O) groups excluding carboxylic acids is 1. The largest absolute Gasteiger partial charge is 0.325 e. The average Bonchev–Trinajstić information content (AvgIpc) is 3.38. The van der Waals surface area contributed by atoms with Gasteiger partial charge in [-0.15, -0.1) is 0 Å². The van der Waals surface area contributed by atoms with Crippen LogP contribution in [0.2, 0.25) is 0 Å². The molecule has 0 saturated carbocycles. The molecule has 0 aliphatic carbocycles. The van der Waals surface area contributed by atoms with Crippen LogP contribution in [-0.4, -0.2) is 35.8 Å². The smallest absolute Gasteiger partial charge is 0.235 e. The van der Waals surface area contributed by atoms with Crippen molar-refractivity contribution in [1.82, 2.24) is 24.6 Å². The van der Waals surface area contributed by atoms with Gasteiger partial charge < -0.3 is 10.6 Å². The van der Waals surface area contributed by atoms with Gasteiger partial charge in [-0.1, -0.05) is 22.9 Å². The van der Waals surface area contributed by atoms with E-state index in [1.807, 2.05) is 53.1 Å². The van der Waals surface area contributed by atoms with E-state index in [0.717, 1.165) is 28.3 Å². The topological polar surface area (TPSA) is 100 Å². The highest BCUT2D eigenvalue weighted by Crippen LogP contribution is 2.28. The molecule has 0 saturated heterocycles. The molecule has 148 valence electrons. The van der Waals surface area contributed by atoms with E-state index in [9.17, 15) is 4.79 Å². The summed E-state index contributed by atoms with van der Waals surface area (Å²) in [5, 5.41) is 14.2. The molecule has 0 unspecified atom stereocenters. The maximum Gasteiger partial charge on any atom is 0.235 e. The second kappa shape index (κ2) is 8.66. The van der Waals surface area contributed by atoms with Gasteiger partial charge in [0.25, 0.3) is 0 Å². The quantitative estimate of drug-likeness (QED) is 0.348. The predicted octanol–water partition coefficient (Wildman–Crippen LogP) is 4.24. The Morgan fingerprint density at radius 1 is 1.24 bits per heavy atom. The first kappa shape index (κ1) is 19.5. The lowest BCUT2D eigenvalue weighted by atomic mass is 10.3. The molecule has 0 fully saturated rings. The lowest BCUT2D eigenvalue weighted by molar-refractivity contribution is -0.113. The number of nitrogens with one attached hydrogen (secondary N) is 3. The van der Waals surface area contributed by atoms with Gasteiger partial charge in [-0.25, -0.2) is 4.98 Å². The molecule has 0 radical (unpaired) electrons. The van der Waals surface area contributed by atoms with E-state index in [4.69, 9.17) is 0 Å². The summed E-state index contributed by atoms with van der Waals surface area (Å²) in [6.45, 7) is 2.07. The molecule has 1 amide bonds. The molecule has 3 N–H and O–H groups in total. The fraction of sp³-hybridized carbons (Fsp3) is 0.158. The molecular formula is C19H18BrN7OS. The fourth-order valence-electron chi connectivity index (χ4n) is 2.67. The molecule has 4 aromatic rings. The number of rotatable bonds is 7. The molecule has 1 aromatic carbocycles. The number of nitrogens with zero attached hydrogens (tertiary/aromatic N) is 4. The number of fused-ring (bicyclic) bond motifs is 1. The van der Waals surface area contributed by atoms with Crippen molar-refractivity contribution in [2.75, 3.05) is 16.0 Å². The number of alkyl halides is 1. The molecule has 4 rings (SSSR count). The number of hydrogen-bond acceptors (Lipinski definition) is 6. The van der Waals surface area contributed by atoms with Gasteiger partial charge in [-0.3, -0.25) is 14.3 Å². The average molecular weight is 472 g/mol. The number of anilines is 3. The summed E-state index contributed by atoms with van der Waals surface area (Å²) < 4.78 is 1.88. The minimum atomic E-state index is -0.0901. The van der Waals surface area contributed by atoms with Gasteiger partial charge in [0.15, 0.2) is 11.0 Å². The Bertz CT molecular complexity index is 1140. The molecule has 0 aliphatic rings. The fourth-order valence-corrected chi connectivity index (χ4v) is 3.57. The second-order valence-corrected chi connectivity index (χ2v) is 7.73. The third kappa shape index (κ3) is 4.60. The Kier molecular flexibility index (Phi) is 5.81. The van der Waals surface area contributed by atoms with Crippen molar-refractivity contribution in [3.05, 3.63) is 54.4 Å². The first-order valence-electron chi connectivity index (χ1n) is 8.94. The lowest BCUT2D eigenvalue weighted by Crippen LogP contribution is -2.11. The Morgan fingerprint density at radius 3 is 2.79 bits per heavy atom. The molecule has 3 heterocycles. The zero-order valence-corrected chi connectivity index (χ0v) is 17.9. The van der Waals surface area contributed by atoms with Gasteiger partial charge >= 0.3 is 0 Å². The SMILES string of the molecule is CCc1cc(Nc2nc(Sc3ccc(NC(=O)CBr)cc3)nc3cccn23)n[nH]1. The Balaban J connectivity index is 1.57. The molecule has 10 heteroatoms. The van der Waals surface area contributed by atoms with E-state index in [1.165, 1.54) is 11.8 Å². The summed E-state index contributed by atoms with van der Waals surface area (Å²) in [5.74, 6) is 1.25. The van der Waals surface area contributed by atoms with Crippen molar-refractivity contribution >= 4 is 56.7 Å². The van der Waals surface area contributed by atoms with Gasteiger partial charge in [0.2, 0.25) is 11.9 Å². The number of amides is 1. The van der Waals surface area contributed by atoms with E-state index >= 15 is 0 Å². The molecule has 3 aromatic heterocycles. The zero-order valence-electron chi connectivity index (χ0n) is 15.5. The zero-order chi connectivity index (χ0) is 20.2. The van der Waals surface area contributed by atoms with Gasteiger partial charge in [-0.2, -0.15) is 10.1 Å². The van der Waals surface area contributed by atoms with E-state index in [2.05, 4.69) is 53.7 Å². The van der Waals surface area contributed by atoms with Crippen LogP contribution in [0.25, 0.3) is 5.65 Å². The summed E-state index contributed by atoms with van der Waals surface area (Å²) in [6, 6.07) is 13.4. The number of carbonyl (C=O) groups is 1. The number of aromatic amines is 1. The van der Waals surface area contributed by atoms with Crippen LogP contribution in [0, 0.1) is 0 Å². The van der Waals surface area contributed by atoms with E-state index in [1.54, 1.807) is 0 Å². The second-order valence-electron chi connectivity index (χ2n) is 6.13. The minimum Gasteiger partial charge on any atom is -0.325 e. The summed E-state index contributed by atoms with van der Waals surface area (Å²) in [5.41, 5.74) is 2.58. The van der Waals surface area contributed by atoms with Crippen molar-refractivity contribution in [3.8, 4) is 0 Å². The van der Waals surface area contributed by atoms with Crippen molar-refractivity contribution in [3.63, 3.8) is 0 Å². The van der Waals surface area contributed by atoms with Crippen LogP contribution in [0.15, 0.2) is 58.7 Å². The number of aromatic nitrogens is 5. The van der Waals surface area contributed by atoms with Crippen LogP contribution in [0.1, 0.15) is 12.6 Å². The van der Waals surface area contributed by atoms with Crippen LogP contribution in [-0.2, 0) is 11.2 Å². The standard InChI is InChI=1S/C19H18BrN7OS/c1-2-12-10-15(26-25-12)22-18-24-19(23-16-4-3-9-27(16)18)29-14-7-5-13(6-8-14)21-17(28)11-20/h3-10H,2,11H2,1H3,(H,21,28)(H2,22,23,24,25,26). The van der Waals surface area contributed by atoms with E-state index in [0.29, 0.717) is 16.9 Å². The van der Waals surface area contributed by atoms with Crippen molar-refractivity contribution in [2.45, 2.75) is 23.4 Å². The van der Waals surface area contributed by atoms with Crippen LogP contribution >= 0.6 is 27.7 Å². The number of halogens is 1. The minimum absolute atomic E-state index is 0.0901. The van der Waals surface area contributed by atoms with Gasteiger partial charge in [0, 0.05) is 28.5 Å². The Morgan fingerprint density at radius 2 is 2.07 bits per heavy atom. The monoisotopic (exact) mass is 471 g/mol. The normalized spacial score (nSPS) is 11.0. The number of H-pyrrole nitrogens is 1. The Labute approximate surface area is 179 Å². The van der Waals surface area contributed by atoms with Gasteiger partial charge in [0.1, 0.15) is 5.65 Å². The van der Waals surface area contributed by atoms with Crippen molar-refractivity contribution in [1.29, 1.82) is 0 Å². The van der Waals surface area contributed by atoms with Crippen molar-refractivity contribution < 1.29 is 4.79 Å². The highest BCUT2D eigenvalue weighted by Gasteiger charge is 2.11. The van der Waals surface area contributed by atoms with Gasteiger partial charge in [-0.05, 0) is 54.6 Å². The van der Waals surface area contributed by atoms with Gasteiger partial charge in [0.05, 0.1) is 5.33 Å². The molecule has 0 atom stereocenters. The maximum atomic E-state index is 11.5. The maximum absolute atomic E-state index is 11.5. The molecule has 29 heavy (non-hydrogen) atoms. The van der Waals surface area contributed by atoms with E-state index in [-0.39, 0.29) is 11.2 Å². The van der Waals surface area contributed by atoms with Crippen molar-refractivity contribution in [2.24, 2.45) is 0 Å². The van der Waals surface area contributed by atoms with Crippen LogP contribution < -0.4 is 10.6 Å². The Hall–Kier alpha value is -2.85. The lowest BCUT2D eigenvalue weighted by Gasteiger charge is -2.09. The summed E-state index contributed by atoms with van der Waals surface area (Å²) >= 11 is 4.58. The molecule has 0 bridgehead atoms. The molecule has 0 aliphatic heterocycles. The third-order valence-corrected chi connectivity index (χ3v) is 5.47. The predicted molar refractivity (Wildman–Crippen MR) is 117 cm³/mol. The summed E-state index contributed by atoms with van der Waals surface area (Å²) in [6.07, 6.45) is 2.78. The van der Waals surface area contributed by atoms with Crippen LogP contribution in [0.4, 0.5) is 17.5 Å². The number of benzene rings is 1. The summed E-state index contributed by atoms with van der Waals surface area (Å²) in [7, 11) is 0. The first-order valence-corrected chi connectivity index (χ1v) is 10.9. The molecule has 0 spiro atoms. The van der Waals surface area contributed by atoms with Crippen LogP contribution in [0.5, 0.6) is 0 Å². The summed E-state index contributed by atoms with van der Waals surface area (Å²) in [4.78, 5) is 21.7. The highest BCUT2D eigenvalue weighted by atomic mass is 79.9. The molecule has 8 nitrogen and oxygen atoms in total. The highest BCUT2D eigenvalue weighted by molar-refractivity contribution is 9.09. The number of hydrogen-bond donors (Lipinski definition) is 3. The molecular weight excluding hydrogens is 454 g/mol. The third-order valence-electron chi connectivity index (χ3n) is 4.09. The number of aryl methyl sites for hydroxylation is 1.